The molecule has 1 aromatic heterocycles. The van der Waals surface area contributed by atoms with Gasteiger partial charge < -0.3 is 9.30 Å². The van der Waals surface area contributed by atoms with Gasteiger partial charge in [-0.05, 0) is 31.5 Å². The average molecular weight is 215 g/mol. The lowest BCUT2D eigenvalue weighted by Gasteiger charge is -2.17. The summed E-state index contributed by atoms with van der Waals surface area (Å²) in [7, 11) is 0. The van der Waals surface area contributed by atoms with E-state index in [1.165, 1.54) is 11.3 Å². The topological polar surface area (TPSA) is 14.2 Å². The molecule has 16 heavy (non-hydrogen) atoms. The van der Waals surface area contributed by atoms with Crippen LogP contribution in [0.4, 0.5) is 0 Å². The van der Waals surface area contributed by atoms with Crippen LogP contribution in [0, 0.1) is 0 Å². The second-order valence-corrected chi connectivity index (χ2v) is 3.72. The molecule has 0 radical (unpaired) electrons. The lowest BCUT2D eigenvalue weighted by molar-refractivity contribution is 0.0262. The molecular formula is C14H17NO. The van der Waals surface area contributed by atoms with Gasteiger partial charge in [0, 0.05) is 12.8 Å². The van der Waals surface area contributed by atoms with Gasteiger partial charge in [-0.25, -0.2) is 0 Å². The zero-order chi connectivity index (χ0) is 11.4. The molecule has 0 N–H and O–H groups in total. The molecule has 1 atom stereocenters. The van der Waals surface area contributed by atoms with Crippen molar-refractivity contribution in [1.82, 2.24) is 4.57 Å². The summed E-state index contributed by atoms with van der Waals surface area (Å²) in [4.78, 5) is 0. The molecule has 2 aromatic rings. The Morgan fingerprint density at radius 1 is 1.12 bits per heavy atom. The van der Waals surface area contributed by atoms with Gasteiger partial charge in [0.25, 0.3) is 0 Å². The van der Waals surface area contributed by atoms with Gasteiger partial charge in [0.15, 0.2) is 0 Å². The molecule has 0 saturated heterocycles. The zero-order valence-electron chi connectivity index (χ0n) is 9.76. The van der Waals surface area contributed by atoms with Gasteiger partial charge in [-0.2, -0.15) is 0 Å². The standard InChI is InChI=1S/C14H17NO/c1-3-16-12(2)15-11-7-10-14(15)13-8-5-4-6-9-13/h4-12H,3H2,1-2H3. The van der Waals surface area contributed by atoms with E-state index in [2.05, 4.69) is 54.1 Å². The Hall–Kier alpha value is -1.54. The lowest BCUT2D eigenvalue weighted by Crippen LogP contribution is -2.09. The molecule has 1 aromatic carbocycles. The number of benzene rings is 1. The minimum Gasteiger partial charge on any atom is -0.359 e. The van der Waals surface area contributed by atoms with E-state index in [1.807, 2.05) is 13.0 Å². The van der Waals surface area contributed by atoms with E-state index in [-0.39, 0.29) is 6.23 Å². The van der Waals surface area contributed by atoms with E-state index in [0.717, 1.165) is 6.61 Å². The average Bonchev–Trinajstić information content (AvgIpc) is 2.79. The summed E-state index contributed by atoms with van der Waals surface area (Å²) in [5, 5.41) is 0. The molecule has 0 aliphatic rings. The molecule has 0 fully saturated rings. The maximum atomic E-state index is 5.61. The fourth-order valence-electron chi connectivity index (χ4n) is 1.89. The molecule has 2 heteroatoms. The maximum Gasteiger partial charge on any atom is 0.131 e. The molecule has 0 bridgehead atoms. The number of aromatic nitrogens is 1. The predicted molar refractivity (Wildman–Crippen MR) is 66.2 cm³/mol. The highest BCUT2D eigenvalue weighted by molar-refractivity contribution is 5.59. The van der Waals surface area contributed by atoms with Gasteiger partial charge in [-0.3, -0.25) is 0 Å². The predicted octanol–water partition coefficient (Wildman–Crippen LogP) is 3.71. The zero-order valence-corrected chi connectivity index (χ0v) is 9.76. The lowest BCUT2D eigenvalue weighted by atomic mass is 10.1. The Labute approximate surface area is 96.5 Å². The summed E-state index contributed by atoms with van der Waals surface area (Å²) >= 11 is 0. The highest BCUT2D eigenvalue weighted by Gasteiger charge is 2.08. The maximum absolute atomic E-state index is 5.61. The van der Waals surface area contributed by atoms with Crippen molar-refractivity contribution < 1.29 is 4.74 Å². The van der Waals surface area contributed by atoms with Gasteiger partial charge in [-0.15, -0.1) is 0 Å². The Morgan fingerprint density at radius 3 is 2.56 bits per heavy atom. The SMILES string of the molecule is CCOC(C)n1cccc1-c1ccccc1. The number of ether oxygens (including phenoxy) is 1. The van der Waals surface area contributed by atoms with E-state index in [0.29, 0.717) is 0 Å². The molecule has 2 nitrogen and oxygen atoms in total. The highest BCUT2D eigenvalue weighted by Crippen LogP contribution is 2.23. The van der Waals surface area contributed by atoms with Crippen molar-refractivity contribution in [3.8, 4) is 11.3 Å². The van der Waals surface area contributed by atoms with Crippen LogP contribution < -0.4 is 0 Å². The first-order valence-corrected chi connectivity index (χ1v) is 5.66. The summed E-state index contributed by atoms with van der Waals surface area (Å²) in [5.41, 5.74) is 2.42. The van der Waals surface area contributed by atoms with E-state index >= 15 is 0 Å². The number of hydrogen-bond acceptors (Lipinski definition) is 1. The Bertz CT molecular complexity index is 433. The van der Waals surface area contributed by atoms with Crippen molar-refractivity contribution in [3.63, 3.8) is 0 Å². The quantitative estimate of drug-likeness (QED) is 0.758. The van der Waals surface area contributed by atoms with E-state index in [4.69, 9.17) is 4.74 Å². The van der Waals surface area contributed by atoms with Gasteiger partial charge in [0.05, 0.1) is 5.69 Å². The van der Waals surface area contributed by atoms with Crippen molar-refractivity contribution in [3.05, 3.63) is 48.7 Å². The van der Waals surface area contributed by atoms with Crippen molar-refractivity contribution >= 4 is 0 Å². The third-order valence-corrected chi connectivity index (χ3v) is 2.65. The summed E-state index contributed by atoms with van der Waals surface area (Å²) in [6.07, 6.45) is 2.14. The molecule has 1 unspecified atom stereocenters. The molecule has 0 amide bonds. The van der Waals surface area contributed by atoms with Crippen molar-refractivity contribution in [1.29, 1.82) is 0 Å². The first-order valence-electron chi connectivity index (χ1n) is 5.66. The van der Waals surface area contributed by atoms with Crippen LogP contribution in [0.3, 0.4) is 0 Å². The third-order valence-electron chi connectivity index (χ3n) is 2.65. The summed E-state index contributed by atoms with van der Waals surface area (Å²) < 4.78 is 7.76. The van der Waals surface area contributed by atoms with Crippen LogP contribution in [0.1, 0.15) is 20.1 Å². The summed E-state index contributed by atoms with van der Waals surface area (Å²) in [6.45, 7) is 4.81. The van der Waals surface area contributed by atoms with Crippen LogP contribution in [0.2, 0.25) is 0 Å². The van der Waals surface area contributed by atoms with Crippen LogP contribution in [-0.4, -0.2) is 11.2 Å². The van der Waals surface area contributed by atoms with E-state index in [1.54, 1.807) is 0 Å². The highest BCUT2D eigenvalue weighted by atomic mass is 16.5. The van der Waals surface area contributed by atoms with Gasteiger partial charge in [0.1, 0.15) is 6.23 Å². The summed E-state index contributed by atoms with van der Waals surface area (Å²) in [5.74, 6) is 0. The number of rotatable bonds is 4. The van der Waals surface area contributed by atoms with Crippen LogP contribution in [-0.2, 0) is 4.74 Å². The molecule has 0 aliphatic carbocycles. The van der Waals surface area contributed by atoms with Crippen LogP contribution in [0.25, 0.3) is 11.3 Å². The van der Waals surface area contributed by atoms with Gasteiger partial charge in [-0.1, -0.05) is 30.3 Å². The third kappa shape index (κ3) is 2.17. The van der Waals surface area contributed by atoms with Gasteiger partial charge in [0.2, 0.25) is 0 Å². The second kappa shape index (κ2) is 4.99. The Kier molecular flexibility index (Phi) is 3.42. The minimum absolute atomic E-state index is 0.0789. The molecule has 84 valence electrons. The normalized spacial score (nSPS) is 12.6. The van der Waals surface area contributed by atoms with E-state index < -0.39 is 0 Å². The monoisotopic (exact) mass is 215 g/mol. The molecule has 2 rings (SSSR count). The first kappa shape index (κ1) is 11.0. The van der Waals surface area contributed by atoms with Crippen molar-refractivity contribution in [2.45, 2.75) is 20.1 Å². The fourth-order valence-corrected chi connectivity index (χ4v) is 1.89. The van der Waals surface area contributed by atoms with Crippen LogP contribution in [0.15, 0.2) is 48.7 Å². The molecule has 0 saturated carbocycles. The van der Waals surface area contributed by atoms with Crippen molar-refractivity contribution in [2.75, 3.05) is 6.61 Å². The molecular weight excluding hydrogens is 198 g/mol. The smallest absolute Gasteiger partial charge is 0.131 e. The molecule has 0 aliphatic heterocycles. The molecule has 0 spiro atoms. The first-order chi connectivity index (χ1) is 7.83. The fraction of sp³-hybridized carbons (Fsp3) is 0.286. The molecule has 1 heterocycles. The summed E-state index contributed by atoms with van der Waals surface area (Å²) in [6, 6.07) is 14.5. The van der Waals surface area contributed by atoms with Crippen LogP contribution in [0.5, 0.6) is 0 Å². The number of hydrogen-bond donors (Lipinski definition) is 0. The van der Waals surface area contributed by atoms with E-state index in [9.17, 15) is 0 Å². The van der Waals surface area contributed by atoms with Crippen molar-refractivity contribution in [2.24, 2.45) is 0 Å². The second-order valence-electron chi connectivity index (χ2n) is 3.72. The number of nitrogens with zero attached hydrogens (tertiary/aromatic N) is 1. The van der Waals surface area contributed by atoms with Gasteiger partial charge >= 0.3 is 0 Å². The largest absolute Gasteiger partial charge is 0.359 e. The Morgan fingerprint density at radius 2 is 1.88 bits per heavy atom. The Balaban J connectivity index is 2.33. The van der Waals surface area contributed by atoms with Crippen LogP contribution >= 0.6 is 0 Å². The minimum atomic E-state index is 0.0789.